The first-order valence-corrected chi connectivity index (χ1v) is 9.69. The minimum atomic E-state index is -2.38. The first-order chi connectivity index (χ1) is 9.26. The standard InChI is InChI=1S/C13H15Cl2NO3Si/c1-9(7-16)20(2,3)19-13(17)8-18-12-6-10(14)4-5-11(12)15/h4-6,9H,8H2,1-3H3. The molecule has 1 aromatic carbocycles. The van der Waals surface area contributed by atoms with Gasteiger partial charge in [-0.1, -0.05) is 23.2 Å². The van der Waals surface area contributed by atoms with Crippen molar-refractivity contribution in [3.8, 4) is 11.8 Å². The zero-order valence-corrected chi connectivity index (χ0v) is 14.0. The minimum Gasteiger partial charge on any atom is -0.516 e. The lowest BCUT2D eigenvalue weighted by atomic mass is 10.3. The van der Waals surface area contributed by atoms with Crippen molar-refractivity contribution < 1.29 is 14.0 Å². The third-order valence-corrected chi connectivity index (χ3v) is 6.37. The third kappa shape index (κ3) is 4.71. The number of carbonyl (C=O) groups is 1. The molecule has 0 radical (unpaired) electrons. The number of carbonyl (C=O) groups excluding carboxylic acids is 1. The highest BCUT2D eigenvalue weighted by molar-refractivity contribution is 6.74. The van der Waals surface area contributed by atoms with E-state index < -0.39 is 14.3 Å². The Labute approximate surface area is 129 Å². The van der Waals surface area contributed by atoms with Crippen LogP contribution in [0.2, 0.25) is 28.7 Å². The van der Waals surface area contributed by atoms with Gasteiger partial charge in [0.15, 0.2) is 6.61 Å². The molecule has 0 N–H and O–H groups in total. The Morgan fingerprint density at radius 1 is 1.45 bits per heavy atom. The Morgan fingerprint density at radius 2 is 2.10 bits per heavy atom. The lowest BCUT2D eigenvalue weighted by molar-refractivity contribution is -0.137. The zero-order chi connectivity index (χ0) is 15.3. The average molecular weight is 332 g/mol. The molecule has 7 heteroatoms. The van der Waals surface area contributed by atoms with Crippen LogP contribution >= 0.6 is 23.2 Å². The molecule has 0 saturated heterocycles. The van der Waals surface area contributed by atoms with E-state index in [2.05, 4.69) is 6.07 Å². The quantitative estimate of drug-likeness (QED) is 0.764. The van der Waals surface area contributed by atoms with Gasteiger partial charge >= 0.3 is 5.97 Å². The number of rotatable bonds is 5. The SMILES string of the molecule is CC(C#N)[Si](C)(C)OC(=O)COc1cc(Cl)ccc1Cl. The van der Waals surface area contributed by atoms with E-state index in [9.17, 15) is 4.79 Å². The molecule has 108 valence electrons. The summed E-state index contributed by atoms with van der Waals surface area (Å²) in [7, 11) is -2.38. The molecule has 20 heavy (non-hydrogen) atoms. The number of nitriles is 1. The van der Waals surface area contributed by atoms with Gasteiger partial charge in [0.05, 0.1) is 16.6 Å². The fraction of sp³-hybridized carbons (Fsp3) is 0.385. The number of hydrogen-bond donors (Lipinski definition) is 0. The second-order valence-corrected chi connectivity index (χ2v) is 9.91. The van der Waals surface area contributed by atoms with Crippen LogP contribution in [-0.2, 0) is 9.22 Å². The third-order valence-electron chi connectivity index (χ3n) is 2.85. The van der Waals surface area contributed by atoms with Crippen molar-refractivity contribution in [1.29, 1.82) is 5.26 Å². The molecular weight excluding hydrogens is 317 g/mol. The second-order valence-electron chi connectivity index (χ2n) is 4.79. The fourth-order valence-corrected chi connectivity index (χ4v) is 2.76. The van der Waals surface area contributed by atoms with Crippen molar-refractivity contribution in [3.05, 3.63) is 28.2 Å². The highest BCUT2D eigenvalue weighted by Crippen LogP contribution is 2.28. The monoisotopic (exact) mass is 331 g/mol. The topological polar surface area (TPSA) is 59.3 Å². The number of hydrogen-bond acceptors (Lipinski definition) is 4. The Balaban J connectivity index is 2.60. The molecular formula is C13H15Cl2NO3Si. The lowest BCUT2D eigenvalue weighted by Gasteiger charge is -2.24. The number of halogens is 2. The van der Waals surface area contributed by atoms with Gasteiger partial charge in [0.25, 0.3) is 8.32 Å². The van der Waals surface area contributed by atoms with Crippen LogP contribution in [0.25, 0.3) is 0 Å². The van der Waals surface area contributed by atoms with Crippen LogP contribution in [0, 0.1) is 11.3 Å². The Bertz CT molecular complexity index is 543. The van der Waals surface area contributed by atoms with Gasteiger partial charge in [-0.3, -0.25) is 0 Å². The predicted molar refractivity (Wildman–Crippen MR) is 80.6 cm³/mol. The molecule has 1 rings (SSSR count). The molecule has 0 aliphatic heterocycles. The van der Waals surface area contributed by atoms with E-state index in [4.69, 9.17) is 37.6 Å². The largest absolute Gasteiger partial charge is 0.516 e. The average Bonchev–Trinajstić information content (AvgIpc) is 2.38. The van der Waals surface area contributed by atoms with Gasteiger partial charge in [0.2, 0.25) is 0 Å². The zero-order valence-electron chi connectivity index (χ0n) is 11.4. The molecule has 0 fully saturated rings. The summed E-state index contributed by atoms with van der Waals surface area (Å²) in [5.41, 5.74) is -0.291. The molecule has 1 atom stereocenters. The molecule has 0 aromatic heterocycles. The molecule has 0 aliphatic rings. The first kappa shape index (κ1) is 16.8. The van der Waals surface area contributed by atoms with Gasteiger partial charge in [-0.15, -0.1) is 0 Å². The summed E-state index contributed by atoms with van der Waals surface area (Å²) in [4.78, 5) is 11.8. The highest BCUT2D eigenvalue weighted by atomic mass is 35.5. The van der Waals surface area contributed by atoms with Gasteiger partial charge in [0.1, 0.15) is 5.75 Å². The van der Waals surface area contributed by atoms with E-state index >= 15 is 0 Å². The summed E-state index contributed by atoms with van der Waals surface area (Å²) in [6.45, 7) is 5.10. The second kappa shape index (κ2) is 6.98. The Kier molecular flexibility index (Phi) is 5.87. The van der Waals surface area contributed by atoms with E-state index in [0.717, 1.165) is 0 Å². The summed E-state index contributed by atoms with van der Waals surface area (Å²) >= 11 is 11.7. The van der Waals surface area contributed by atoms with Crippen LogP contribution in [-0.4, -0.2) is 20.9 Å². The Morgan fingerprint density at radius 3 is 2.70 bits per heavy atom. The maximum Gasteiger partial charge on any atom is 0.330 e. The molecule has 0 heterocycles. The molecule has 1 aromatic rings. The van der Waals surface area contributed by atoms with Crippen LogP contribution in [0.1, 0.15) is 6.92 Å². The van der Waals surface area contributed by atoms with E-state index in [-0.39, 0.29) is 12.1 Å². The summed E-state index contributed by atoms with van der Waals surface area (Å²) in [5, 5.41) is 9.72. The summed E-state index contributed by atoms with van der Waals surface area (Å²) in [6.07, 6.45) is 0. The van der Waals surface area contributed by atoms with Crippen molar-refractivity contribution in [3.63, 3.8) is 0 Å². The molecule has 0 spiro atoms. The van der Waals surface area contributed by atoms with E-state index in [0.29, 0.717) is 15.8 Å². The molecule has 4 nitrogen and oxygen atoms in total. The lowest BCUT2D eigenvalue weighted by Crippen LogP contribution is -2.38. The van der Waals surface area contributed by atoms with Gasteiger partial charge in [0, 0.05) is 11.1 Å². The van der Waals surface area contributed by atoms with Crippen LogP contribution in [0.15, 0.2) is 18.2 Å². The van der Waals surface area contributed by atoms with Crippen molar-refractivity contribution in [2.75, 3.05) is 6.61 Å². The number of benzene rings is 1. The van der Waals surface area contributed by atoms with Gasteiger partial charge < -0.3 is 9.16 Å². The summed E-state index contributed by atoms with van der Waals surface area (Å²) < 4.78 is 10.6. The smallest absolute Gasteiger partial charge is 0.330 e. The van der Waals surface area contributed by atoms with Crippen LogP contribution in [0.4, 0.5) is 0 Å². The van der Waals surface area contributed by atoms with E-state index in [1.54, 1.807) is 19.1 Å². The maximum absolute atomic E-state index is 11.8. The van der Waals surface area contributed by atoms with Crippen LogP contribution in [0.5, 0.6) is 5.75 Å². The van der Waals surface area contributed by atoms with Crippen LogP contribution < -0.4 is 4.74 Å². The van der Waals surface area contributed by atoms with Crippen molar-refractivity contribution >= 4 is 37.5 Å². The fourth-order valence-electron chi connectivity index (χ4n) is 1.29. The first-order valence-electron chi connectivity index (χ1n) is 5.95. The molecule has 0 bridgehead atoms. The molecule has 1 unspecified atom stereocenters. The predicted octanol–water partition coefficient (Wildman–Crippen LogP) is 4.03. The molecule has 0 saturated carbocycles. The highest BCUT2D eigenvalue weighted by Gasteiger charge is 2.34. The van der Waals surface area contributed by atoms with Crippen LogP contribution in [0.3, 0.4) is 0 Å². The van der Waals surface area contributed by atoms with Crippen molar-refractivity contribution in [2.24, 2.45) is 0 Å². The van der Waals surface area contributed by atoms with E-state index in [1.165, 1.54) is 6.07 Å². The van der Waals surface area contributed by atoms with Gasteiger partial charge in [-0.05, 0) is 32.2 Å². The summed E-state index contributed by atoms with van der Waals surface area (Å²) in [5.74, 6) is -0.191. The normalized spacial score (nSPS) is 12.4. The molecule has 0 aliphatic carbocycles. The van der Waals surface area contributed by atoms with Gasteiger partial charge in [-0.25, -0.2) is 4.79 Å². The van der Waals surface area contributed by atoms with E-state index in [1.807, 2.05) is 13.1 Å². The molecule has 0 amide bonds. The minimum absolute atomic E-state index is 0.269. The number of nitrogens with zero attached hydrogens (tertiary/aromatic N) is 1. The van der Waals surface area contributed by atoms with Gasteiger partial charge in [-0.2, -0.15) is 5.26 Å². The summed E-state index contributed by atoms with van der Waals surface area (Å²) in [6, 6.07) is 6.84. The number of ether oxygens (including phenoxy) is 1. The van der Waals surface area contributed by atoms with Crippen molar-refractivity contribution in [2.45, 2.75) is 25.6 Å². The maximum atomic E-state index is 11.8. The van der Waals surface area contributed by atoms with Crippen molar-refractivity contribution in [1.82, 2.24) is 0 Å². The Hall–Kier alpha value is -1.22.